The highest BCUT2D eigenvalue weighted by Crippen LogP contribution is 2.31. The summed E-state index contributed by atoms with van der Waals surface area (Å²) in [6.07, 6.45) is 3.18. The van der Waals surface area contributed by atoms with Gasteiger partial charge in [0.15, 0.2) is 0 Å². The zero-order chi connectivity index (χ0) is 16.9. The predicted molar refractivity (Wildman–Crippen MR) is 89.7 cm³/mol. The van der Waals surface area contributed by atoms with E-state index >= 15 is 0 Å². The number of nitrogens with zero attached hydrogens (tertiary/aromatic N) is 1. The summed E-state index contributed by atoms with van der Waals surface area (Å²) in [5.41, 5.74) is 3.54. The summed E-state index contributed by atoms with van der Waals surface area (Å²) >= 11 is 0. The number of hydrazone groups is 1. The van der Waals surface area contributed by atoms with Crippen LogP contribution in [0.1, 0.15) is 43.5 Å². The number of benzene rings is 1. The molecule has 0 atom stereocenters. The first-order chi connectivity index (χ1) is 10.9. The van der Waals surface area contributed by atoms with Gasteiger partial charge in [-0.1, -0.05) is 38.6 Å². The van der Waals surface area contributed by atoms with Gasteiger partial charge < -0.3 is 4.74 Å². The molecule has 5 nitrogen and oxygen atoms in total. The van der Waals surface area contributed by atoms with Crippen molar-refractivity contribution in [2.75, 3.05) is 6.61 Å². The van der Waals surface area contributed by atoms with Gasteiger partial charge in [-0.15, -0.1) is 0 Å². The summed E-state index contributed by atoms with van der Waals surface area (Å²) in [7, 11) is 0. The Labute approximate surface area is 136 Å². The van der Waals surface area contributed by atoms with E-state index in [1.54, 1.807) is 30.3 Å². The van der Waals surface area contributed by atoms with Crippen LogP contribution in [0, 0.1) is 5.41 Å². The van der Waals surface area contributed by atoms with Gasteiger partial charge in [0.25, 0.3) is 5.91 Å². The fraction of sp³-hybridized carbons (Fsp3) is 0.389. The van der Waals surface area contributed by atoms with E-state index in [9.17, 15) is 9.59 Å². The quantitative estimate of drug-likeness (QED) is 0.670. The Morgan fingerprint density at radius 3 is 2.83 bits per heavy atom. The molecule has 1 aliphatic rings. The fourth-order valence-electron chi connectivity index (χ4n) is 2.70. The highest BCUT2D eigenvalue weighted by atomic mass is 16.5. The van der Waals surface area contributed by atoms with Crippen LogP contribution in [0.25, 0.3) is 0 Å². The minimum absolute atomic E-state index is 0.107. The molecule has 0 unspecified atom stereocenters. The molecule has 1 aromatic carbocycles. The summed E-state index contributed by atoms with van der Waals surface area (Å²) in [5, 5.41) is 4.15. The van der Waals surface area contributed by atoms with Gasteiger partial charge >= 0.3 is 0 Å². The van der Waals surface area contributed by atoms with E-state index in [0.29, 0.717) is 42.9 Å². The van der Waals surface area contributed by atoms with Crippen molar-refractivity contribution in [1.29, 1.82) is 0 Å². The predicted octanol–water partition coefficient (Wildman–Crippen LogP) is 3.12. The van der Waals surface area contributed by atoms with Crippen LogP contribution >= 0.6 is 0 Å². The van der Waals surface area contributed by atoms with Crippen molar-refractivity contribution in [2.45, 2.75) is 33.1 Å². The van der Waals surface area contributed by atoms with Gasteiger partial charge in [0.05, 0.1) is 5.56 Å². The Morgan fingerprint density at radius 1 is 1.39 bits per heavy atom. The molecule has 2 rings (SSSR count). The SMILES string of the molecule is C=CCOc1ccccc1C(=O)N/N=C1/CC(=O)CC(C)(C)C1. The van der Waals surface area contributed by atoms with Gasteiger partial charge in [-0.25, -0.2) is 5.43 Å². The largest absolute Gasteiger partial charge is 0.489 e. The third kappa shape index (κ3) is 4.77. The third-order valence-corrected chi connectivity index (χ3v) is 3.56. The molecule has 0 aromatic heterocycles. The molecule has 1 aromatic rings. The molecule has 0 heterocycles. The van der Waals surface area contributed by atoms with Crippen molar-refractivity contribution in [3.05, 3.63) is 42.5 Å². The van der Waals surface area contributed by atoms with E-state index in [1.165, 1.54) is 0 Å². The standard InChI is InChI=1S/C18H22N2O3/c1-4-9-23-16-8-6-5-7-15(16)17(22)20-19-13-10-14(21)12-18(2,3)11-13/h4-8H,1,9-12H2,2-3H3,(H,20,22)/b19-13-. The lowest BCUT2D eigenvalue weighted by atomic mass is 9.76. The first-order valence-electron chi connectivity index (χ1n) is 7.61. The monoisotopic (exact) mass is 314 g/mol. The van der Waals surface area contributed by atoms with Gasteiger partial charge in [0.2, 0.25) is 0 Å². The van der Waals surface area contributed by atoms with E-state index in [-0.39, 0.29) is 17.1 Å². The van der Waals surface area contributed by atoms with Crippen molar-refractivity contribution >= 4 is 17.4 Å². The van der Waals surface area contributed by atoms with Crippen LogP contribution < -0.4 is 10.2 Å². The Balaban J connectivity index is 2.09. The average Bonchev–Trinajstić information content (AvgIpc) is 2.49. The Hall–Kier alpha value is -2.43. The Kier molecular flexibility index (Phi) is 5.32. The molecular formula is C18H22N2O3. The lowest BCUT2D eigenvalue weighted by Gasteiger charge is -2.29. The summed E-state index contributed by atoms with van der Waals surface area (Å²) in [6, 6.07) is 6.95. The van der Waals surface area contributed by atoms with Crippen molar-refractivity contribution in [1.82, 2.24) is 5.43 Å². The lowest BCUT2D eigenvalue weighted by Crippen LogP contribution is -2.31. The van der Waals surface area contributed by atoms with Crippen LogP contribution in [0.4, 0.5) is 0 Å². The second-order valence-corrected chi connectivity index (χ2v) is 6.45. The molecule has 1 N–H and O–H groups in total. The van der Waals surface area contributed by atoms with Crippen LogP contribution in [-0.4, -0.2) is 24.0 Å². The number of carbonyl (C=O) groups is 2. The number of ketones is 1. The number of amides is 1. The second kappa shape index (κ2) is 7.22. The topological polar surface area (TPSA) is 67.8 Å². The zero-order valence-electron chi connectivity index (χ0n) is 13.6. The molecule has 122 valence electrons. The highest BCUT2D eigenvalue weighted by Gasteiger charge is 2.30. The molecule has 1 amide bonds. The van der Waals surface area contributed by atoms with E-state index < -0.39 is 0 Å². The maximum atomic E-state index is 12.3. The molecule has 0 radical (unpaired) electrons. The molecule has 0 aliphatic heterocycles. The first-order valence-corrected chi connectivity index (χ1v) is 7.61. The van der Waals surface area contributed by atoms with Crippen molar-refractivity contribution in [3.8, 4) is 5.75 Å². The smallest absolute Gasteiger partial charge is 0.275 e. The molecule has 5 heteroatoms. The van der Waals surface area contributed by atoms with Crippen molar-refractivity contribution in [2.24, 2.45) is 10.5 Å². The van der Waals surface area contributed by atoms with Crippen LogP contribution in [0.15, 0.2) is 42.0 Å². The highest BCUT2D eigenvalue weighted by molar-refractivity contribution is 6.05. The number of Topliss-reactive ketones (excluding diaryl/α,β-unsaturated/α-hetero) is 1. The Morgan fingerprint density at radius 2 is 2.13 bits per heavy atom. The summed E-state index contributed by atoms with van der Waals surface area (Å²) in [6.45, 7) is 7.97. The fourth-order valence-corrected chi connectivity index (χ4v) is 2.70. The first kappa shape index (κ1) is 16.9. The Bertz CT molecular complexity index is 647. The van der Waals surface area contributed by atoms with E-state index in [0.717, 1.165) is 0 Å². The van der Waals surface area contributed by atoms with Crippen LogP contribution in [0.2, 0.25) is 0 Å². The molecule has 0 saturated heterocycles. The molecule has 1 aliphatic carbocycles. The van der Waals surface area contributed by atoms with Crippen molar-refractivity contribution < 1.29 is 14.3 Å². The number of hydrogen-bond donors (Lipinski definition) is 1. The summed E-state index contributed by atoms with van der Waals surface area (Å²) in [4.78, 5) is 24.1. The lowest BCUT2D eigenvalue weighted by molar-refractivity contribution is -0.120. The van der Waals surface area contributed by atoms with Crippen LogP contribution in [0.3, 0.4) is 0 Å². The van der Waals surface area contributed by atoms with E-state index in [2.05, 4.69) is 17.1 Å². The van der Waals surface area contributed by atoms with Crippen molar-refractivity contribution in [3.63, 3.8) is 0 Å². The number of rotatable bonds is 5. The average molecular weight is 314 g/mol. The van der Waals surface area contributed by atoms with Gasteiger partial charge in [0, 0.05) is 18.6 Å². The van der Waals surface area contributed by atoms with Gasteiger partial charge in [0.1, 0.15) is 18.1 Å². The number of hydrogen-bond acceptors (Lipinski definition) is 4. The molecule has 0 bridgehead atoms. The molecule has 1 fully saturated rings. The maximum absolute atomic E-state index is 12.3. The number of para-hydroxylation sites is 1. The third-order valence-electron chi connectivity index (χ3n) is 3.56. The number of ether oxygens (including phenoxy) is 1. The normalized spacial score (nSPS) is 18.5. The molecule has 0 spiro atoms. The number of carbonyl (C=O) groups excluding carboxylic acids is 2. The van der Waals surface area contributed by atoms with Gasteiger partial charge in [-0.2, -0.15) is 5.10 Å². The maximum Gasteiger partial charge on any atom is 0.275 e. The summed E-state index contributed by atoms with van der Waals surface area (Å²) < 4.78 is 5.47. The zero-order valence-corrected chi connectivity index (χ0v) is 13.6. The van der Waals surface area contributed by atoms with Crippen LogP contribution in [-0.2, 0) is 4.79 Å². The molecule has 23 heavy (non-hydrogen) atoms. The van der Waals surface area contributed by atoms with E-state index in [4.69, 9.17) is 4.74 Å². The minimum atomic E-state index is -0.354. The number of nitrogens with one attached hydrogen (secondary N) is 1. The second-order valence-electron chi connectivity index (χ2n) is 6.45. The molecule has 1 saturated carbocycles. The van der Waals surface area contributed by atoms with Crippen LogP contribution in [0.5, 0.6) is 5.75 Å². The molecular weight excluding hydrogens is 292 g/mol. The van der Waals surface area contributed by atoms with Gasteiger partial charge in [-0.3, -0.25) is 9.59 Å². The van der Waals surface area contributed by atoms with E-state index in [1.807, 2.05) is 13.8 Å². The summed E-state index contributed by atoms with van der Waals surface area (Å²) in [5.74, 6) is 0.280. The minimum Gasteiger partial charge on any atom is -0.489 e. The van der Waals surface area contributed by atoms with Gasteiger partial charge in [-0.05, 0) is 24.0 Å².